The molecule has 2 aromatic heterocycles. The molecule has 0 bridgehead atoms. The van der Waals surface area contributed by atoms with E-state index >= 15 is 0 Å². The molecule has 24 heavy (non-hydrogen) atoms. The van der Waals surface area contributed by atoms with E-state index in [2.05, 4.69) is 10.4 Å². The molecule has 0 radical (unpaired) electrons. The second-order valence-electron chi connectivity index (χ2n) is 6.03. The molecule has 1 aliphatic carbocycles. The number of amides is 1. The summed E-state index contributed by atoms with van der Waals surface area (Å²) in [6.07, 6.45) is -2.70. The lowest BCUT2D eigenvalue weighted by molar-refractivity contribution is -0.141. The molecule has 0 saturated heterocycles. The number of nitrogens with zero attached hydrogens (tertiary/aromatic N) is 2. The Morgan fingerprint density at radius 2 is 2.08 bits per heavy atom. The topological polar surface area (TPSA) is 60.1 Å². The summed E-state index contributed by atoms with van der Waals surface area (Å²) in [6, 6.07) is 2.75. The first-order valence-corrected chi connectivity index (χ1v) is 7.76. The fraction of sp³-hybridized carbons (Fsp3) is 0.500. The average Bonchev–Trinajstić information content (AvgIpc) is 3.14. The molecule has 0 atom stereocenters. The summed E-state index contributed by atoms with van der Waals surface area (Å²) in [5.41, 5.74) is 0.148. The Morgan fingerprint density at radius 1 is 1.38 bits per heavy atom. The van der Waals surface area contributed by atoms with Crippen LogP contribution < -0.4 is 5.32 Å². The fourth-order valence-electron chi connectivity index (χ4n) is 2.68. The van der Waals surface area contributed by atoms with E-state index in [0.29, 0.717) is 22.8 Å². The van der Waals surface area contributed by atoms with E-state index in [1.54, 1.807) is 19.9 Å². The molecule has 3 rings (SSSR count). The largest absolute Gasteiger partial charge is 0.466 e. The van der Waals surface area contributed by atoms with Crippen LogP contribution in [0.1, 0.15) is 52.0 Å². The number of hydrogen-bond donors (Lipinski definition) is 1. The minimum Gasteiger partial charge on any atom is -0.466 e. The normalized spacial score (nSPS) is 14.9. The molecule has 2 aromatic rings. The van der Waals surface area contributed by atoms with Crippen LogP contribution in [0.3, 0.4) is 0 Å². The number of aryl methyl sites for hydroxylation is 2. The molecule has 0 unspecified atom stereocenters. The van der Waals surface area contributed by atoms with Crippen molar-refractivity contribution < 1.29 is 22.4 Å². The lowest BCUT2D eigenvalue weighted by Gasteiger charge is -2.08. The fourth-order valence-corrected chi connectivity index (χ4v) is 2.68. The number of nitrogens with one attached hydrogen (secondary N) is 1. The summed E-state index contributed by atoms with van der Waals surface area (Å²) in [5, 5.41) is 6.35. The van der Waals surface area contributed by atoms with Gasteiger partial charge in [-0.25, -0.2) is 0 Å². The van der Waals surface area contributed by atoms with Gasteiger partial charge >= 0.3 is 6.18 Å². The first-order valence-electron chi connectivity index (χ1n) is 7.76. The quantitative estimate of drug-likeness (QED) is 0.906. The average molecular weight is 341 g/mol. The van der Waals surface area contributed by atoms with E-state index in [0.717, 1.165) is 18.9 Å². The van der Waals surface area contributed by atoms with E-state index in [9.17, 15) is 18.0 Å². The van der Waals surface area contributed by atoms with E-state index < -0.39 is 11.9 Å². The summed E-state index contributed by atoms with van der Waals surface area (Å²) < 4.78 is 45.1. The molecule has 5 nitrogen and oxygen atoms in total. The van der Waals surface area contributed by atoms with Crippen molar-refractivity contribution in [3.05, 3.63) is 40.6 Å². The summed E-state index contributed by atoms with van der Waals surface area (Å²) in [6.45, 7) is 3.83. The van der Waals surface area contributed by atoms with Gasteiger partial charge in [0.05, 0.1) is 12.1 Å². The minimum atomic E-state index is -4.45. The van der Waals surface area contributed by atoms with Gasteiger partial charge in [0.15, 0.2) is 5.69 Å². The van der Waals surface area contributed by atoms with Crippen molar-refractivity contribution in [2.24, 2.45) is 0 Å². The van der Waals surface area contributed by atoms with Crippen LogP contribution in [0.25, 0.3) is 0 Å². The van der Waals surface area contributed by atoms with Gasteiger partial charge in [-0.2, -0.15) is 18.3 Å². The van der Waals surface area contributed by atoms with Crippen molar-refractivity contribution in [3.8, 4) is 0 Å². The molecule has 1 N–H and O–H groups in total. The monoisotopic (exact) mass is 341 g/mol. The molecule has 0 aromatic carbocycles. The summed E-state index contributed by atoms with van der Waals surface area (Å²) in [5.74, 6) is 0.987. The molecule has 2 heterocycles. The number of alkyl halides is 3. The number of hydrogen-bond acceptors (Lipinski definition) is 3. The predicted molar refractivity (Wildman–Crippen MR) is 79.7 cm³/mol. The van der Waals surface area contributed by atoms with Crippen LogP contribution in [0.5, 0.6) is 0 Å². The third-order valence-corrected chi connectivity index (χ3v) is 3.99. The van der Waals surface area contributed by atoms with Crippen LogP contribution in [0.2, 0.25) is 0 Å². The second kappa shape index (κ2) is 5.99. The Kier molecular flexibility index (Phi) is 4.15. The van der Waals surface area contributed by atoms with Crippen molar-refractivity contribution in [1.82, 2.24) is 15.1 Å². The van der Waals surface area contributed by atoms with Crippen molar-refractivity contribution in [2.45, 2.75) is 45.3 Å². The lowest BCUT2D eigenvalue weighted by Crippen LogP contribution is -2.28. The van der Waals surface area contributed by atoms with Crippen molar-refractivity contribution >= 4 is 5.91 Å². The van der Waals surface area contributed by atoms with Gasteiger partial charge in [-0.05, 0) is 38.8 Å². The van der Waals surface area contributed by atoms with Gasteiger partial charge in [0.1, 0.15) is 11.5 Å². The van der Waals surface area contributed by atoms with Gasteiger partial charge in [-0.1, -0.05) is 0 Å². The molecular weight excluding hydrogens is 323 g/mol. The number of aromatic nitrogens is 2. The Hall–Kier alpha value is -2.25. The number of rotatable bonds is 5. The van der Waals surface area contributed by atoms with Crippen molar-refractivity contribution in [1.29, 1.82) is 0 Å². The molecule has 1 amide bonds. The number of furan rings is 1. The first-order chi connectivity index (χ1) is 11.3. The highest BCUT2D eigenvalue weighted by Gasteiger charge is 2.37. The van der Waals surface area contributed by atoms with Crippen LogP contribution >= 0.6 is 0 Å². The van der Waals surface area contributed by atoms with Gasteiger partial charge in [0, 0.05) is 18.2 Å². The third kappa shape index (κ3) is 3.47. The predicted octanol–water partition coefficient (Wildman–Crippen LogP) is 3.42. The molecule has 0 aliphatic heterocycles. The zero-order valence-corrected chi connectivity index (χ0v) is 13.4. The number of carbonyl (C=O) groups excluding carboxylic acids is 1. The molecule has 8 heteroatoms. The highest BCUT2D eigenvalue weighted by molar-refractivity contribution is 5.95. The van der Waals surface area contributed by atoms with Crippen LogP contribution in [0.15, 0.2) is 16.5 Å². The van der Waals surface area contributed by atoms with E-state index in [-0.39, 0.29) is 24.9 Å². The second-order valence-corrected chi connectivity index (χ2v) is 6.03. The molecule has 1 aliphatic rings. The van der Waals surface area contributed by atoms with E-state index in [4.69, 9.17) is 4.42 Å². The van der Waals surface area contributed by atoms with Gasteiger partial charge < -0.3 is 9.73 Å². The van der Waals surface area contributed by atoms with E-state index in [1.807, 2.05) is 0 Å². The first kappa shape index (κ1) is 16.6. The molecule has 1 fully saturated rings. The van der Waals surface area contributed by atoms with Gasteiger partial charge in [0.2, 0.25) is 0 Å². The van der Waals surface area contributed by atoms with Crippen LogP contribution in [-0.2, 0) is 12.7 Å². The lowest BCUT2D eigenvalue weighted by atomic mass is 10.2. The Morgan fingerprint density at radius 3 is 2.62 bits per heavy atom. The summed E-state index contributed by atoms with van der Waals surface area (Å²) in [7, 11) is 0. The van der Waals surface area contributed by atoms with E-state index in [1.165, 1.54) is 4.68 Å². The third-order valence-electron chi connectivity index (χ3n) is 3.99. The van der Waals surface area contributed by atoms with Crippen molar-refractivity contribution in [2.75, 3.05) is 6.54 Å². The zero-order chi connectivity index (χ0) is 17.5. The Bertz CT molecular complexity index is 757. The molecule has 130 valence electrons. The number of halogens is 3. The highest BCUT2D eigenvalue weighted by atomic mass is 19.4. The Labute approximate surface area is 136 Å². The maximum absolute atomic E-state index is 12.8. The van der Waals surface area contributed by atoms with Gasteiger partial charge in [0.25, 0.3) is 5.91 Å². The Balaban J connectivity index is 1.65. The van der Waals surface area contributed by atoms with Crippen LogP contribution in [-0.4, -0.2) is 22.2 Å². The molecular formula is C16H18F3N3O2. The summed E-state index contributed by atoms with van der Waals surface area (Å²) in [4.78, 5) is 12.1. The summed E-state index contributed by atoms with van der Waals surface area (Å²) >= 11 is 0. The standard InChI is InChI=1S/C16H18F3N3O2/c1-9-7-12(10(2)24-9)15(23)20-5-6-22-13(11-3-4-11)8-14(21-22)16(17,18)19/h7-8,11H,3-6H2,1-2H3,(H,20,23). The van der Waals surface area contributed by atoms with Gasteiger partial charge in [-0.15, -0.1) is 0 Å². The minimum absolute atomic E-state index is 0.142. The smallest absolute Gasteiger partial charge is 0.435 e. The maximum atomic E-state index is 12.8. The zero-order valence-electron chi connectivity index (χ0n) is 13.4. The highest BCUT2D eigenvalue weighted by Crippen LogP contribution is 2.42. The van der Waals surface area contributed by atoms with Crippen LogP contribution in [0, 0.1) is 13.8 Å². The molecule has 0 spiro atoms. The van der Waals surface area contributed by atoms with Crippen molar-refractivity contribution in [3.63, 3.8) is 0 Å². The maximum Gasteiger partial charge on any atom is 0.435 e. The molecule has 1 saturated carbocycles. The van der Waals surface area contributed by atoms with Crippen LogP contribution in [0.4, 0.5) is 13.2 Å². The number of carbonyl (C=O) groups is 1. The van der Waals surface area contributed by atoms with Gasteiger partial charge in [-0.3, -0.25) is 9.48 Å². The SMILES string of the molecule is Cc1cc(C(=O)NCCn2nc(C(F)(F)F)cc2C2CC2)c(C)o1.